The van der Waals surface area contributed by atoms with Crippen LogP contribution in [0.2, 0.25) is 0 Å². The van der Waals surface area contributed by atoms with Gasteiger partial charge in [-0.05, 0) is 179 Å². The van der Waals surface area contributed by atoms with Gasteiger partial charge in [0.2, 0.25) is 0 Å². The summed E-state index contributed by atoms with van der Waals surface area (Å²) in [4.78, 5) is 0. The average Bonchev–Trinajstić information content (AvgIpc) is 1.57. The van der Waals surface area contributed by atoms with Crippen molar-refractivity contribution in [3.05, 3.63) is 382 Å². The van der Waals surface area contributed by atoms with Gasteiger partial charge in [-0.15, -0.1) is 68.0 Å². The summed E-state index contributed by atoms with van der Waals surface area (Å²) < 4.78 is 23.4. The summed E-state index contributed by atoms with van der Waals surface area (Å²) >= 11 is 11.3. The Labute approximate surface area is 694 Å². The van der Waals surface area contributed by atoms with Crippen LogP contribution < -0.4 is 0 Å². The molecular weight excluding hydrogens is 1530 g/mol. The Morgan fingerprint density at radius 1 is 0.154 bits per heavy atom. The Kier molecular flexibility index (Phi) is 15.3. The molecule has 0 aliphatic rings. The summed E-state index contributed by atoms with van der Waals surface area (Å²) in [6.45, 7) is 0. The van der Waals surface area contributed by atoms with Gasteiger partial charge in [0.25, 0.3) is 0 Å². The van der Waals surface area contributed by atoms with Crippen LogP contribution in [0.25, 0.3) is 237 Å². The predicted molar refractivity (Wildman–Crippen MR) is 516 cm³/mol. The summed E-state index contributed by atoms with van der Waals surface area (Å²) in [6.07, 6.45) is 0. The van der Waals surface area contributed by atoms with Crippen molar-refractivity contribution in [2.24, 2.45) is 0 Å². The second kappa shape index (κ2) is 26.6. The minimum atomic E-state index is 1.19. The molecule has 27 rings (SSSR count). The van der Waals surface area contributed by atoms with E-state index in [9.17, 15) is 0 Å². The van der Waals surface area contributed by atoms with E-state index in [1.165, 1.54) is 237 Å². The molecule has 0 aliphatic heterocycles. The first-order valence-electron chi connectivity index (χ1n) is 39.6. The van der Waals surface area contributed by atoms with Crippen LogP contribution >= 0.6 is 68.0 Å². The van der Waals surface area contributed by atoms with Crippen LogP contribution in [-0.2, 0) is 0 Å². The molecule has 0 fully saturated rings. The fourth-order valence-electron chi connectivity index (χ4n) is 18.7. The van der Waals surface area contributed by atoms with Gasteiger partial charge in [-0.1, -0.05) is 237 Å². The molecule has 9 heteroatoms. The molecule has 3 nitrogen and oxygen atoms in total. The fourth-order valence-corrected chi connectivity index (χ4v) is 25.5. The highest BCUT2D eigenvalue weighted by Gasteiger charge is 2.23. The lowest BCUT2D eigenvalue weighted by molar-refractivity contribution is 1.18. The van der Waals surface area contributed by atoms with Crippen LogP contribution in [0.3, 0.4) is 0 Å². The van der Waals surface area contributed by atoms with Gasteiger partial charge in [0, 0.05) is 170 Å². The van der Waals surface area contributed by atoms with E-state index in [1.54, 1.807) is 0 Å². The van der Waals surface area contributed by atoms with Gasteiger partial charge in [0.1, 0.15) is 0 Å². The Hall–Kier alpha value is -13.3. The summed E-state index contributed by atoms with van der Waals surface area (Å²) in [7, 11) is 0. The van der Waals surface area contributed by atoms with Gasteiger partial charge < -0.3 is 13.7 Å². The van der Waals surface area contributed by atoms with E-state index >= 15 is 0 Å². The third-order valence-electron chi connectivity index (χ3n) is 24.0. The number of thiophene rings is 6. The first kappa shape index (κ1) is 67.1. The molecule has 0 saturated heterocycles. The first-order chi connectivity index (χ1) is 58.0. The molecular formula is C108H63N3S6. The molecule has 0 saturated carbocycles. The monoisotopic (exact) mass is 1590 g/mol. The molecule has 0 atom stereocenters. The predicted octanol–water partition coefficient (Wildman–Crippen LogP) is 33.6. The van der Waals surface area contributed by atoms with Crippen molar-refractivity contribution < 1.29 is 0 Å². The molecule has 0 bridgehead atoms. The maximum Gasteiger partial charge on any atom is 0.0634 e. The highest BCUT2D eigenvalue weighted by molar-refractivity contribution is 7.28. The fraction of sp³-hybridized carbons (Fsp3) is 0. The van der Waals surface area contributed by atoms with Crippen molar-refractivity contribution in [1.82, 2.24) is 13.7 Å². The number of para-hydroxylation sites is 3. The van der Waals surface area contributed by atoms with Crippen molar-refractivity contribution in [2.75, 3.05) is 0 Å². The molecule has 0 N–H and O–H groups in total. The molecule has 9 aromatic heterocycles. The molecule has 27 aromatic rings. The van der Waals surface area contributed by atoms with E-state index in [1.807, 2.05) is 68.0 Å². The molecule has 546 valence electrons. The number of hydrogen-bond acceptors (Lipinski definition) is 6. The Balaban J connectivity index is 0.0000000980. The lowest BCUT2D eigenvalue weighted by atomic mass is 10.0. The third kappa shape index (κ3) is 10.6. The van der Waals surface area contributed by atoms with Gasteiger partial charge in [0.15, 0.2) is 0 Å². The SMILES string of the molecule is c1ccc2c(c1)sc1c(-c3ccc(-n4c5ccccc5c5c6c(ccc54)sc4ccccc46)cc3)cccc12.c1ccc2c(c1)sc1ccc(-c3ccc(-n4c5ccccc5c5cc6c(cc54)sc4ccccc46)cc3)cc12.c1ccc2c(c1)sc1ccc(-c3ccc(-n4c5ccccc5c5ccc6sc7ccccc7c6c54)cc3)cc12. The van der Waals surface area contributed by atoms with Crippen LogP contribution in [0.15, 0.2) is 382 Å². The van der Waals surface area contributed by atoms with Gasteiger partial charge in [-0.25, -0.2) is 0 Å². The van der Waals surface area contributed by atoms with E-state index in [2.05, 4.69) is 396 Å². The zero-order chi connectivity index (χ0) is 76.5. The van der Waals surface area contributed by atoms with Crippen LogP contribution in [0.5, 0.6) is 0 Å². The molecule has 0 radical (unpaired) electrons. The average molecular weight is 1600 g/mol. The highest BCUT2D eigenvalue weighted by Crippen LogP contribution is 2.49. The second-order valence-corrected chi connectivity index (χ2v) is 36.9. The maximum absolute atomic E-state index is 2.46. The largest absolute Gasteiger partial charge is 0.309 e. The van der Waals surface area contributed by atoms with Gasteiger partial charge in [0.05, 0.1) is 33.1 Å². The summed E-state index contributed by atoms with van der Waals surface area (Å²) in [6, 6.07) is 141. The zero-order valence-corrected chi connectivity index (χ0v) is 67.6. The first-order valence-corrected chi connectivity index (χ1v) is 44.5. The molecule has 0 unspecified atom stereocenters. The molecule has 9 heterocycles. The van der Waals surface area contributed by atoms with Crippen molar-refractivity contribution in [3.8, 4) is 50.4 Å². The van der Waals surface area contributed by atoms with Gasteiger partial charge in [-0.2, -0.15) is 0 Å². The number of nitrogens with zero attached hydrogens (tertiary/aromatic N) is 3. The van der Waals surface area contributed by atoms with Crippen molar-refractivity contribution in [2.45, 2.75) is 0 Å². The summed E-state index contributed by atoms with van der Waals surface area (Å²) in [5, 5.41) is 24.0. The van der Waals surface area contributed by atoms with Gasteiger partial charge in [-0.3, -0.25) is 0 Å². The summed E-state index contributed by atoms with van der Waals surface area (Å²) in [5.74, 6) is 0. The molecule has 0 amide bonds. The normalized spacial score (nSPS) is 12.1. The van der Waals surface area contributed by atoms with E-state index in [4.69, 9.17) is 0 Å². The quantitative estimate of drug-likeness (QED) is 0.158. The second-order valence-electron chi connectivity index (χ2n) is 30.4. The molecule has 0 spiro atoms. The van der Waals surface area contributed by atoms with E-state index < -0.39 is 0 Å². The van der Waals surface area contributed by atoms with Gasteiger partial charge >= 0.3 is 0 Å². The minimum absolute atomic E-state index is 1.19. The van der Waals surface area contributed by atoms with E-state index in [0.29, 0.717) is 0 Å². The minimum Gasteiger partial charge on any atom is -0.309 e. The van der Waals surface area contributed by atoms with Crippen molar-refractivity contribution >= 4 is 254 Å². The maximum atomic E-state index is 2.46. The number of rotatable bonds is 6. The number of benzene rings is 18. The lowest BCUT2D eigenvalue weighted by Crippen LogP contribution is -1.94. The zero-order valence-electron chi connectivity index (χ0n) is 62.7. The topological polar surface area (TPSA) is 14.8 Å². The highest BCUT2D eigenvalue weighted by atomic mass is 32.1. The molecule has 18 aromatic carbocycles. The Morgan fingerprint density at radius 2 is 0.513 bits per heavy atom. The number of hydrogen-bond donors (Lipinski definition) is 0. The van der Waals surface area contributed by atoms with Crippen LogP contribution in [0, 0.1) is 0 Å². The number of fused-ring (bicyclic) bond motifs is 29. The Bertz CT molecular complexity index is 8760. The van der Waals surface area contributed by atoms with Crippen LogP contribution in [-0.4, -0.2) is 13.7 Å². The van der Waals surface area contributed by atoms with Crippen molar-refractivity contribution in [1.29, 1.82) is 0 Å². The molecule has 0 aliphatic carbocycles. The summed E-state index contributed by atoms with van der Waals surface area (Å²) in [5.41, 5.74) is 18.7. The van der Waals surface area contributed by atoms with Crippen molar-refractivity contribution in [3.63, 3.8) is 0 Å². The van der Waals surface area contributed by atoms with E-state index in [0.717, 1.165) is 0 Å². The lowest BCUT2D eigenvalue weighted by Gasteiger charge is -2.11. The number of aromatic nitrogens is 3. The standard InChI is InChI=1S/3C36H21NS2/c1-4-13-29-27(9-1)34-30(20-21-33-35(34)28-10-3-6-15-32(28)38-33)37(29)23-18-16-22(17-19-23)24-11-7-12-26-25-8-2-5-14-31(25)39-36(24)26;1-4-10-30-25(7-1)27-18-20-34-35(28-9-3-6-12-32(28)39-34)36(27)37(30)24-16-13-22(14-17-24)23-15-19-33-29(21-23)26-8-2-5-11-31(26)38-33;1-4-10-31-25(7-1)28-20-30-27-9-3-6-12-34(27)39-36(30)21-32(28)37(31)24-16-13-22(14-17-24)23-15-18-35-29(19-23)26-8-2-5-11-33(26)38-35/h3*1-21H. The van der Waals surface area contributed by atoms with Crippen LogP contribution in [0.4, 0.5) is 0 Å². The smallest absolute Gasteiger partial charge is 0.0634 e. The van der Waals surface area contributed by atoms with Crippen LogP contribution in [0.1, 0.15) is 0 Å². The third-order valence-corrected chi connectivity index (χ3v) is 31.0. The molecule has 117 heavy (non-hydrogen) atoms. The van der Waals surface area contributed by atoms with E-state index in [-0.39, 0.29) is 0 Å². The Morgan fingerprint density at radius 3 is 1.08 bits per heavy atom.